The van der Waals surface area contributed by atoms with E-state index in [1.807, 2.05) is 60.7 Å². The minimum atomic E-state index is -0.426. The van der Waals surface area contributed by atoms with Gasteiger partial charge in [0.05, 0.1) is 11.6 Å². The quantitative estimate of drug-likeness (QED) is 0.485. The number of allylic oxidation sites excluding steroid dienone is 1. The van der Waals surface area contributed by atoms with E-state index in [0.717, 1.165) is 15.6 Å². The summed E-state index contributed by atoms with van der Waals surface area (Å²) in [5.41, 5.74) is 3.38. The van der Waals surface area contributed by atoms with Crippen molar-refractivity contribution < 1.29 is 9.59 Å². The fourth-order valence-corrected chi connectivity index (χ4v) is 3.74. The van der Waals surface area contributed by atoms with Gasteiger partial charge in [-0.1, -0.05) is 66.2 Å². The summed E-state index contributed by atoms with van der Waals surface area (Å²) >= 11 is 7.55. The highest BCUT2D eigenvalue weighted by Gasteiger charge is 2.17. The van der Waals surface area contributed by atoms with Crippen molar-refractivity contribution in [3.05, 3.63) is 76.1 Å². The predicted octanol–water partition coefficient (Wildman–Crippen LogP) is 4.10. The van der Waals surface area contributed by atoms with E-state index >= 15 is 0 Å². The number of carbonyl (C=O) groups is 2. The van der Waals surface area contributed by atoms with Crippen LogP contribution in [0, 0.1) is 0 Å². The Kier molecular flexibility index (Phi) is 6.35. The summed E-state index contributed by atoms with van der Waals surface area (Å²) in [5, 5.41) is 7.58. The average Bonchev–Trinajstić information content (AvgIpc) is 3.04. The number of amides is 2. The van der Waals surface area contributed by atoms with Crippen LogP contribution in [0.25, 0.3) is 16.2 Å². The van der Waals surface area contributed by atoms with Crippen LogP contribution in [0.1, 0.15) is 15.2 Å². The summed E-state index contributed by atoms with van der Waals surface area (Å²) in [4.78, 5) is 24.4. The van der Waals surface area contributed by atoms with Gasteiger partial charge in [0.25, 0.3) is 11.8 Å². The number of rotatable bonds is 6. The third kappa shape index (κ3) is 5.03. The number of nitrogens with zero attached hydrogens (tertiary/aromatic N) is 1. The lowest BCUT2D eigenvalue weighted by molar-refractivity contribution is -0.120. The third-order valence-electron chi connectivity index (χ3n) is 3.59. The largest absolute Gasteiger partial charge is 0.342 e. The lowest BCUT2D eigenvalue weighted by Gasteiger charge is -2.02. The van der Waals surface area contributed by atoms with Gasteiger partial charge >= 0.3 is 0 Å². The highest BCUT2D eigenvalue weighted by molar-refractivity contribution is 7.21. The van der Waals surface area contributed by atoms with Gasteiger partial charge in [-0.3, -0.25) is 9.59 Å². The Balaban J connectivity index is 1.48. The zero-order chi connectivity index (χ0) is 19.1. The number of benzene rings is 2. The molecule has 0 fully saturated rings. The van der Waals surface area contributed by atoms with Crippen molar-refractivity contribution in [2.24, 2.45) is 5.10 Å². The van der Waals surface area contributed by atoms with Crippen LogP contribution in [0.5, 0.6) is 0 Å². The number of thiophene rings is 1. The molecule has 5 nitrogen and oxygen atoms in total. The van der Waals surface area contributed by atoms with Crippen LogP contribution < -0.4 is 10.7 Å². The molecule has 0 aliphatic carbocycles. The Labute approximate surface area is 165 Å². The number of hydrazone groups is 1. The van der Waals surface area contributed by atoms with Crippen LogP contribution in [0.15, 0.2) is 65.8 Å². The topological polar surface area (TPSA) is 70.6 Å². The second-order valence-electron chi connectivity index (χ2n) is 5.51. The van der Waals surface area contributed by atoms with Gasteiger partial charge in [0.15, 0.2) is 0 Å². The van der Waals surface area contributed by atoms with Gasteiger partial charge in [-0.05, 0) is 17.7 Å². The van der Waals surface area contributed by atoms with Crippen molar-refractivity contribution in [3.8, 4) is 0 Å². The van der Waals surface area contributed by atoms with Gasteiger partial charge in [-0.2, -0.15) is 5.10 Å². The molecule has 0 saturated carbocycles. The Hall–Kier alpha value is -2.96. The summed E-state index contributed by atoms with van der Waals surface area (Å²) in [5.74, 6) is -0.811. The van der Waals surface area contributed by atoms with Crippen LogP contribution >= 0.6 is 22.9 Å². The molecule has 2 N–H and O–H groups in total. The Morgan fingerprint density at radius 1 is 1.07 bits per heavy atom. The number of hydrogen-bond acceptors (Lipinski definition) is 4. The fraction of sp³-hybridized carbons (Fsp3) is 0.0500. The first-order chi connectivity index (χ1) is 13.1. The first-order valence-electron chi connectivity index (χ1n) is 8.14. The number of nitrogens with one attached hydrogen (secondary N) is 2. The Morgan fingerprint density at radius 3 is 2.59 bits per heavy atom. The van der Waals surface area contributed by atoms with E-state index in [1.54, 1.807) is 6.08 Å². The molecular weight excluding hydrogens is 382 g/mol. The SMILES string of the molecule is O=C(CNC(=O)c1sc2ccccc2c1Cl)NN=CC=Cc1ccccc1. The molecule has 2 amide bonds. The van der Waals surface area contributed by atoms with Crippen LogP contribution in [0.2, 0.25) is 5.02 Å². The van der Waals surface area contributed by atoms with Crippen molar-refractivity contribution >= 4 is 57.1 Å². The maximum atomic E-state index is 12.3. The van der Waals surface area contributed by atoms with Gasteiger partial charge in [0.1, 0.15) is 4.88 Å². The molecular formula is C20H16ClN3O2S. The minimum Gasteiger partial charge on any atom is -0.342 e. The molecule has 0 bridgehead atoms. The second kappa shape index (κ2) is 9.12. The first-order valence-corrected chi connectivity index (χ1v) is 9.33. The molecule has 0 saturated heterocycles. The van der Waals surface area contributed by atoms with Gasteiger partial charge in [-0.15, -0.1) is 11.3 Å². The van der Waals surface area contributed by atoms with Gasteiger partial charge in [0.2, 0.25) is 0 Å². The lowest BCUT2D eigenvalue weighted by atomic mass is 10.2. The molecule has 0 unspecified atom stereocenters. The molecule has 0 aliphatic heterocycles. The van der Waals surface area contributed by atoms with E-state index in [9.17, 15) is 9.59 Å². The maximum Gasteiger partial charge on any atom is 0.263 e. The summed E-state index contributed by atoms with van der Waals surface area (Å²) in [6.45, 7) is -0.191. The first kappa shape index (κ1) is 18.8. The molecule has 0 radical (unpaired) electrons. The predicted molar refractivity (Wildman–Crippen MR) is 111 cm³/mol. The zero-order valence-electron chi connectivity index (χ0n) is 14.2. The van der Waals surface area contributed by atoms with E-state index in [-0.39, 0.29) is 12.5 Å². The number of halogens is 1. The molecule has 1 aromatic heterocycles. The molecule has 136 valence electrons. The van der Waals surface area contributed by atoms with Crippen LogP contribution in [0.3, 0.4) is 0 Å². The molecule has 2 aromatic carbocycles. The Bertz CT molecular complexity index is 1010. The number of carbonyl (C=O) groups excluding carboxylic acids is 2. The van der Waals surface area contributed by atoms with Gasteiger partial charge in [0, 0.05) is 16.3 Å². The summed E-state index contributed by atoms with van der Waals surface area (Å²) in [6, 6.07) is 17.2. The fourth-order valence-electron chi connectivity index (χ4n) is 2.31. The number of hydrogen-bond donors (Lipinski definition) is 2. The van der Waals surface area contributed by atoms with Gasteiger partial charge in [-0.25, -0.2) is 5.43 Å². The highest BCUT2D eigenvalue weighted by Crippen LogP contribution is 2.34. The molecule has 0 spiro atoms. The van der Waals surface area contributed by atoms with Crippen LogP contribution in [-0.2, 0) is 4.79 Å². The normalized spacial score (nSPS) is 11.3. The molecule has 3 rings (SSSR count). The van der Waals surface area contributed by atoms with Gasteiger partial charge < -0.3 is 5.32 Å². The lowest BCUT2D eigenvalue weighted by Crippen LogP contribution is -2.34. The molecule has 27 heavy (non-hydrogen) atoms. The minimum absolute atomic E-state index is 0.191. The average molecular weight is 398 g/mol. The highest BCUT2D eigenvalue weighted by atomic mass is 35.5. The maximum absolute atomic E-state index is 12.3. The molecule has 0 atom stereocenters. The smallest absolute Gasteiger partial charge is 0.263 e. The van der Waals surface area contributed by atoms with E-state index in [2.05, 4.69) is 15.8 Å². The van der Waals surface area contributed by atoms with E-state index in [1.165, 1.54) is 17.6 Å². The molecule has 0 aliphatic rings. The monoisotopic (exact) mass is 397 g/mol. The summed E-state index contributed by atoms with van der Waals surface area (Å²) < 4.78 is 0.923. The molecule has 7 heteroatoms. The Morgan fingerprint density at radius 2 is 1.81 bits per heavy atom. The van der Waals surface area contributed by atoms with Crippen LogP contribution in [-0.4, -0.2) is 24.6 Å². The summed E-state index contributed by atoms with van der Waals surface area (Å²) in [6.07, 6.45) is 5.04. The third-order valence-corrected chi connectivity index (χ3v) is 5.26. The number of fused-ring (bicyclic) bond motifs is 1. The van der Waals surface area contributed by atoms with Crippen molar-refractivity contribution in [3.63, 3.8) is 0 Å². The van der Waals surface area contributed by atoms with Crippen molar-refractivity contribution in [1.82, 2.24) is 10.7 Å². The summed E-state index contributed by atoms with van der Waals surface area (Å²) in [7, 11) is 0. The molecule has 1 heterocycles. The zero-order valence-corrected chi connectivity index (χ0v) is 15.8. The van der Waals surface area contributed by atoms with Crippen LogP contribution in [0.4, 0.5) is 0 Å². The van der Waals surface area contributed by atoms with E-state index in [4.69, 9.17) is 11.6 Å². The molecule has 3 aromatic rings. The standard InChI is InChI=1S/C20H16ClN3O2S/c21-18-15-10-4-5-11-16(15)27-19(18)20(26)22-13-17(25)24-23-12-6-9-14-7-2-1-3-8-14/h1-12H,13H2,(H,22,26)(H,24,25). The second-order valence-corrected chi connectivity index (χ2v) is 6.94. The van der Waals surface area contributed by atoms with E-state index in [0.29, 0.717) is 9.90 Å². The van der Waals surface area contributed by atoms with Crippen molar-refractivity contribution in [2.45, 2.75) is 0 Å². The van der Waals surface area contributed by atoms with E-state index < -0.39 is 5.91 Å². The van der Waals surface area contributed by atoms with Crippen molar-refractivity contribution in [1.29, 1.82) is 0 Å². The van der Waals surface area contributed by atoms with Crippen molar-refractivity contribution in [2.75, 3.05) is 6.54 Å².